The Labute approximate surface area is 270 Å². The van der Waals surface area contributed by atoms with Crippen LogP contribution in [0.15, 0.2) is 112 Å². The van der Waals surface area contributed by atoms with Crippen LogP contribution in [0, 0.1) is 0 Å². The lowest BCUT2D eigenvalue weighted by Gasteiger charge is -2.33. The number of aryl methyl sites for hydroxylation is 1. The number of fused-ring (bicyclic) bond motifs is 3. The van der Waals surface area contributed by atoms with Gasteiger partial charge in [0.2, 0.25) is 5.75 Å². The maximum atomic E-state index is 13.3. The molecule has 0 N–H and O–H groups in total. The van der Waals surface area contributed by atoms with Crippen molar-refractivity contribution in [3.8, 4) is 22.8 Å². The summed E-state index contributed by atoms with van der Waals surface area (Å²) in [6, 6.07) is 33.2. The van der Waals surface area contributed by atoms with E-state index >= 15 is 0 Å². The summed E-state index contributed by atoms with van der Waals surface area (Å²) >= 11 is 0. The molecule has 236 valence electrons. The highest BCUT2D eigenvalue weighted by atomic mass is 16.7. The summed E-state index contributed by atoms with van der Waals surface area (Å²) in [5.41, 5.74) is 4.08. The van der Waals surface area contributed by atoms with E-state index in [2.05, 4.69) is 40.9 Å². The van der Waals surface area contributed by atoms with Crippen molar-refractivity contribution in [2.75, 3.05) is 59.9 Å². The third-order valence-corrected chi connectivity index (χ3v) is 9.26. The van der Waals surface area contributed by atoms with Crippen molar-refractivity contribution in [3.05, 3.63) is 130 Å². The van der Waals surface area contributed by atoms with Crippen LogP contribution in [0.2, 0.25) is 0 Å². The van der Waals surface area contributed by atoms with E-state index in [1.807, 2.05) is 72.8 Å². The minimum Gasteiger partial charge on any atom is -0.452 e. The van der Waals surface area contributed by atoms with Gasteiger partial charge in [-0.1, -0.05) is 84.9 Å². The Bertz CT molecular complexity index is 1790. The fourth-order valence-electron chi connectivity index (χ4n) is 6.42. The summed E-state index contributed by atoms with van der Waals surface area (Å²) in [5, 5.41) is 0.455. The Morgan fingerprint density at radius 3 is 2.13 bits per heavy atom. The molecule has 2 aliphatic rings. The van der Waals surface area contributed by atoms with Crippen LogP contribution in [-0.4, -0.2) is 74.6 Å². The lowest BCUT2D eigenvalue weighted by atomic mass is 9.97. The highest BCUT2D eigenvalue weighted by Gasteiger charge is 2.46. The number of nitrogens with zero attached hydrogens (tertiary/aromatic N) is 3. The average molecular weight is 616 g/mol. The van der Waals surface area contributed by atoms with Gasteiger partial charge in [0.1, 0.15) is 5.76 Å². The molecule has 0 radical (unpaired) electrons. The molecule has 0 aliphatic carbocycles. The van der Waals surface area contributed by atoms with Crippen LogP contribution in [0.1, 0.15) is 23.1 Å². The molecule has 1 fully saturated rings. The van der Waals surface area contributed by atoms with Gasteiger partial charge in [0, 0.05) is 62.0 Å². The quantitative estimate of drug-likeness (QED) is 0.184. The lowest BCUT2D eigenvalue weighted by molar-refractivity contribution is -0.0456. The van der Waals surface area contributed by atoms with Crippen molar-refractivity contribution in [1.82, 2.24) is 14.7 Å². The molecule has 7 heteroatoms. The van der Waals surface area contributed by atoms with Crippen molar-refractivity contribution in [2.24, 2.45) is 0 Å². The fraction of sp³-hybridized carbons (Fsp3) is 0.308. The lowest BCUT2D eigenvalue weighted by Crippen LogP contribution is -2.46. The van der Waals surface area contributed by atoms with Gasteiger partial charge in [-0.3, -0.25) is 9.69 Å². The second-order valence-corrected chi connectivity index (χ2v) is 12.5. The minimum atomic E-state index is -1.20. The molecule has 2 aliphatic heterocycles. The Kier molecular flexibility index (Phi) is 8.63. The molecule has 1 aromatic heterocycles. The van der Waals surface area contributed by atoms with Crippen LogP contribution in [-0.2, 0) is 12.2 Å². The van der Waals surface area contributed by atoms with Crippen LogP contribution in [0.4, 0.5) is 0 Å². The zero-order chi connectivity index (χ0) is 31.5. The Hall–Kier alpha value is -4.43. The Morgan fingerprint density at radius 1 is 0.783 bits per heavy atom. The molecule has 7 nitrogen and oxygen atoms in total. The number of benzene rings is 4. The Morgan fingerprint density at radius 2 is 1.46 bits per heavy atom. The summed E-state index contributed by atoms with van der Waals surface area (Å²) in [6.07, 6.45) is 2.10. The van der Waals surface area contributed by atoms with Crippen molar-refractivity contribution in [1.29, 1.82) is 0 Å². The van der Waals surface area contributed by atoms with Crippen LogP contribution < -0.4 is 14.9 Å². The van der Waals surface area contributed by atoms with Crippen LogP contribution in [0.5, 0.6) is 11.5 Å². The molecule has 46 heavy (non-hydrogen) atoms. The van der Waals surface area contributed by atoms with Crippen molar-refractivity contribution < 1.29 is 13.9 Å². The van der Waals surface area contributed by atoms with Gasteiger partial charge in [0.05, 0.1) is 5.39 Å². The molecule has 0 spiro atoms. The summed E-state index contributed by atoms with van der Waals surface area (Å²) in [6.45, 7) is 7.95. The van der Waals surface area contributed by atoms with Gasteiger partial charge in [0.25, 0.3) is 0 Å². The molecule has 7 rings (SSSR count). The van der Waals surface area contributed by atoms with Gasteiger partial charge < -0.3 is 23.7 Å². The first-order valence-electron chi connectivity index (χ1n) is 16.3. The standard InChI is InChI=1S/C39H41N3O4/c1-40(22-25-42-26-23-41(2)24-27-42)21-9-10-29-15-17-30(18-16-29)36-28-34(43)33-19-20-35-38(37(33)44-36)46-39(45-35,31-11-5-3-6-12-31)32-13-7-4-8-14-32/h3-8,11-20,28H,9-10,21-27H2,1-2H3. The molecule has 0 saturated carbocycles. The summed E-state index contributed by atoms with van der Waals surface area (Å²) in [4.78, 5) is 20.7. The van der Waals surface area contributed by atoms with E-state index in [9.17, 15) is 4.79 Å². The number of hydrogen-bond acceptors (Lipinski definition) is 7. The number of likely N-dealkylation sites (N-methyl/N-ethyl adjacent to an activating group) is 2. The monoisotopic (exact) mass is 615 g/mol. The smallest absolute Gasteiger partial charge is 0.305 e. The third-order valence-electron chi connectivity index (χ3n) is 9.26. The topological polar surface area (TPSA) is 58.4 Å². The molecular formula is C39H41N3O4. The maximum Gasteiger partial charge on any atom is 0.305 e. The minimum absolute atomic E-state index is 0.122. The summed E-state index contributed by atoms with van der Waals surface area (Å²) in [7, 11) is 4.42. The largest absolute Gasteiger partial charge is 0.452 e. The molecule has 4 aromatic carbocycles. The normalized spacial score (nSPS) is 16.3. The molecule has 0 bridgehead atoms. The second kappa shape index (κ2) is 13.1. The zero-order valence-electron chi connectivity index (χ0n) is 26.7. The average Bonchev–Trinajstić information content (AvgIpc) is 3.51. The van der Waals surface area contributed by atoms with Gasteiger partial charge >= 0.3 is 5.79 Å². The highest BCUT2D eigenvalue weighted by Crippen LogP contribution is 2.50. The van der Waals surface area contributed by atoms with Crippen LogP contribution in [0.3, 0.4) is 0 Å². The van der Waals surface area contributed by atoms with Gasteiger partial charge in [-0.05, 0) is 51.2 Å². The molecule has 0 unspecified atom stereocenters. The molecular weight excluding hydrogens is 574 g/mol. The van der Waals surface area contributed by atoms with Gasteiger partial charge in [-0.25, -0.2) is 0 Å². The van der Waals surface area contributed by atoms with Gasteiger partial charge in [-0.15, -0.1) is 0 Å². The predicted molar refractivity (Wildman–Crippen MR) is 183 cm³/mol. The van der Waals surface area contributed by atoms with Crippen molar-refractivity contribution in [2.45, 2.75) is 18.6 Å². The van der Waals surface area contributed by atoms with E-state index in [4.69, 9.17) is 13.9 Å². The van der Waals surface area contributed by atoms with Gasteiger partial charge in [0.15, 0.2) is 16.8 Å². The molecule has 5 aromatic rings. The first-order chi connectivity index (χ1) is 22.5. The number of ether oxygens (including phenoxy) is 2. The van der Waals surface area contributed by atoms with Crippen molar-refractivity contribution in [3.63, 3.8) is 0 Å². The number of hydrogen-bond donors (Lipinski definition) is 0. The number of rotatable bonds is 10. The first kappa shape index (κ1) is 30.2. The second-order valence-electron chi connectivity index (χ2n) is 12.5. The Balaban J connectivity index is 1.07. The van der Waals surface area contributed by atoms with E-state index < -0.39 is 5.79 Å². The SMILES string of the molecule is CN(CCCc1ccc(-c2cc(=O)c3ccc4c(c3o2)OC(c2ccccc2)(c2ccccc2)O4)cc1)CCN1CCN(C)CC1. The third kappa shape index (κ3) is 6.18. The first-order valence-corrected chi connectivity index (χ1v) is 16.3. The maximum absolute atomic E-state index is 13.3. The summed E-state index contributed by atoms with van der Waals surface area (Å²) < 4.78 is 19.7. The van der Waals surface area contributed by atoms with Gasteiger partial charge in [-0.2, -0.15) is 0 Å². The van der Waals surface area contributed by atoms with Crippen LogP contribution >= 0.6 is 0 Å². The number of piperazine rings is 1. The van der Waals surface area contributed by atoms with E-state index in [1.165, 1.54) is 18.7 Å². The fourth-order valence-corrected chi connectivity index (χ4v) is 6.42. The van der Waals surface area contributed by atoms with E-state index in [-0.39, 0.29) is 5.43 Å². The highest BCUT2D eigenvalue weighted by molar-refractivity contribution is 5.87. The van der Waals surface area contributed by atoms with E-state index in [0.29, 0.717) is 28.2 Å². The van der Waals surface area contributed by atoms with Crippen LogP contribution in [0.25, 0.3) is 22.3 Å². The van der Waals surface area contributed by atoms with Crippen molar-refractivity contribution >= 4 is 11.0 Å². The molecule has 3 heterocycles. The molecule has 1 saturated heterocycles. The summed E-state index contributed by atoms with van der Waals surface area (Å²) in [5.74, 6) is 0.261. The molecule has 0 atom stereocenters. The zero-order valence-corrected chi connectivity index (χ0v) is 26.7. The van der Waals surface area contributed by atoms with E-state index in [0.717, 1.165) is 62.3 Å². The predicted octanol–water partition coefficient (Wildman–Crippen LogP) is 6.24. The molecule has 0 amide bonds. The van der Waals surface area contributed by atoms with E-state index in [1.54, 1.807) is 18.2 Å².